The van der Waals surface area contributed by atoms with E-state index in [1.54, 1.807) is 17.1 Å². The van der Waals surface area contributed by atoms with Crippen molar-refractivity contribution in [1.29, 1.82) is 0 Å². The summed E-state index contributed by atoms with van der Waals surface area (Å²) in [6.45, 7) is 1.03. The Bertz CT molecular complexity index is 900. The van der Waals surface area contributed by atoms with E-state index in [1.165, 1.54) is 12.7 Å². The third-order valence-corrected chi connectivity index (χ3v) is 4.83. The van der Waals surface area contributed by atoms with E-state index in [4.69, 9.17) is 15.2 Å². The number of nitrogens with two attached hydrogens (primary N) is 1. The second-order valence-electron chi connectivity index (χ2n) is 6.66. The van der Waals surface area contributed by atoms with Crippen LogP contribution < -0.4 is 5.73 Å². The van der Waals surface area contributed by atoms with Crippen LogP contribution in [0.2, 0.25) is 0 Å². The summed E-state index contributed by atoms with van der Waals surface area (Å²) in [6.07, 6.45) is 6.89. The van der Waals surface area contributed by atoms with Crippen LogP contribution in [-0.2, 0) is 16.0 Å². The van der Waals surface area contributed by atoms with Gasteiger partial charge in [-0.3, -0.25) is 4.57 Å². The van der Waals surface area contributed by atoms with Crippen LogP contribution in [0.1, 0.15) is 19.1 Å². The van der Waals surface area contributed by atoms with Crippen molar-refractivity contribution in [2.75, 3.05) is 18.9 Å². The van der Waals surface area contributed by atoms with Gasteiger partial charge in [-0.25, -0.2) is 19.9 Å². The Hall–Kier alpha value is -2.60. The van der Waals surface area contributed by atoms with Crippen LogP contribution in [0.4, 0.5) is 5.82 Å². The van der Waals surface area contributed by atoms with E-state index in [0.29, 0.717) is 17.8 Å². The van der Waals surface area contributed by atoms with Gasteiger partial charge in [0.1, 0.15) is 30.2 Å². The average molecular weight is 389 g/mol. The van der Waals surface area contributed by atoms with E-state index in [9.17, 15) is 10.2 Å². The number of hydrogen-bond acceptors (Lipinski definition) is 9. The number of ether oxygens (including phenoxy) is 2. The zero-order chi connectivity index (χ0) is 19.5. The van der Waals surface area contributed by atoms with Crippen molar-refractivity contribution >= 4 is 17.0 Å². The smallest absolute Gasteiger partial charge is 0.167 e. The molecule has 1 aliphatic rings. The summed E-state index contributed by atoms with van der Waals surface area (Å²) in [5.74, 6) is 0.251. The SMILES string of the molecule is Nc1ncnc2c1ncn2[C@@H]1O[C@H](CO)C(OCCCCn2ccnc2)C1O. The number of nitrogen functional groups attached to an aromatic ring is 1. The van der Waals surface area contributed by atoms with Crippen molar-refractivity contribution < 1.29 is 19.7 Å². The quantitative estimate of drug-likeness (QED) is 0.443. The van der Waals surface area contributed by atoms with Crippen molar-refractivity contribution in [3.63, 3.8) is 0 Å². The van der Waals surface area contributed by atoms with Crippen LogP contribution in [0, 0.1) is 0 Å². The Morgan fingerprint density at radius 2 is 2.11 bits per heavy atom. The van der Waals surface area contributed by atoms with E-state index in [-0.39, 0.29) is 12.4 Å². The van der Waals surface area contributed by atoms with Crippen molar-refractivity contribution in [3.8, 4) is 0 Å². The second-order valence-corrected chi connectivity index (χ2v) is 6.66. The number of aliphatic hydroxyl groups excluding tert-OH is 2. The summed E-state index contributed by atoms with van der Waals surface area (Å²) in [4.78, 5) is 16.3. The Morgan fingerprint density at radius 1 is 1.21 bits per heavy atom. The fourth-order valence-electron chi connectivity index (χ4n) is 3.39. The molecule has 4 heterocycles. The summed E-state index contributed by atoms with van der Waals surface area (Å²) < 4.78 is 15.3. The van der Waals surface area contributed by atoms with Gasteiger partial charge in [-0.2, -0.15) is 0 Å². The van der Waals surface area contributed by atoms with Gasteiger partial charge < -0.3 is 30.0 Å². The molecule has 4 N–H and O–H groups in total. The number of fused-ring (bicyclic) bond motifs is 1. The molecule has 28 heavy (non-hydrogen) atoms. The number of imidazole rings is 2. The van der Waals surface area contributed by atoms with Crippen molar-refractivity contribution in [2.45, 2.75) is 43.9 Å². The van der Waals surface area contributed by atoms with Gasteiger partial charge >= 0.3 is 0 Å². The zero-order valence-corrected chi connectivity index (χ0v) is 15.2. The van der Waals surface area contributed by atoms with Crippen LogP contribution in [0.3, 0.4) is 0 Å². The molecule has 0 aromatic carbocycles. The van der Waals surface area contributed by atoms with E-state index in [0.717, 1.165) is 19.4 Å². The second kappa shape index (κ2) is 8.19. The molecule has 4 rings (SSSR count). The lowest BCUT2D eigenvalue weighted by molar-refractivity contribution is -0.0609. The largest absolute Gasteiger partial charge is 0.394 e. The summed E-state index contributed by atoms with van der Waals surface area (Å²) in [5.41, 5.74) is 6.70. The standard InChI is InChI=1S/C17H23N7O4/c18-15-12-16(21-8-20-15)24(10-22-12)17-13(26)14(11(7-25)28-17)27-6-2-1-4-23-5-3-19-9-23/h3,5,8-11,13-14,17,25-26H,1-2,4,6-7H2,(H2,18,20,21)/t11-,13?,14?,17-/m1/s1. The van der Waals surface area contributed by atoms with Gasteiger partial charge in [0.25, 0.3) is 0 Å². The van der Waals surface area contributed by atoms with E-state index >= 15 is 0 Å². The van der Waals surface area contributed by atoms with Crippen LogP contribution in [0.25, 0.3) is 11.2 Å². The predicted octanol–water partition coefficient (Wildman–Crippen LogP) is -0.279. The molecule has 1 aliphatic heterocycles. The fraction of sp³-hybridized carbons (Fsp3) is 0.529. The number of nitrogens with zero attached hydrogens (tertiary/aromatic N) is 6. The Kier molecular flexibility index (Phi) is 5.48. The van der Waals surface area contributed by atoms with Gasteiger partial charge in [-0.15, -0.1) is 0 Å². The van der Waals surface area contributed by atoms with Crippen LogP contribution in [0.15, 0.2) is 31.4 Å². The molecule has 0 saturated carbocycles. The first-order chi connectivity index (χ1) is 13.7. The Morgan fingerprint density at radius 3 is 2.89 bits per heavy atom. The minimum absolute atomic E-state index is 0.251. The monoisotopic (exact) mass is 389 g/mol. The maximum absolute atomic E-state index is 10.8. The summed E-state index contributed by atoms with van der Waals surface area (Å²) in [6, 6.07) is 0. The van der Waals surface area contributed by atoms with Gasteiger partial charge in [0.15, 0.2) is 17.7 Å². The van der Waals surface area contributed by atoms with Crippen molar-refractivity contribution in [1.82, 2.24) is 29.1 Å². The molecule has 3 aromatic heterocycles. The first-order valence-corrected chi connectivity index (χ1v) is 9.13. The molecule has 3 aromatic rings. The summed E-state index contributed by atoms with van der Waals surface area (Å²) in [5, 5.41) is 20.4. The third kappa shape index (κ3) is 3.56. The van der Waals surface area contributed by atoms with Crippen molar-refractivity contribution in [3.05, 3.63) is 31.4 Å². The first kappa shape index (κ1) is 18.7. The Labute approximate surface area is 160 Å². The normalized spacial score (nSPS) is 24.9. The minimum atomic E-state index is -0.987. The summed E-state index contributed by atoms with van der Waals surface area (Å²) in [7, 11) is 0. The average Bonchev–Trinajstić information content (AvgIpc) is 3.42. The number of aryl methyl sites for hydroxylation is 1. The van der Waals surface area contributed by atoms with E-state index in [2.05, 4.69) is 19.9 Å². The number of anilines is 1. The molecule has 0 amide bonds. The highest BCUT2D eigenvalue weighted by molar-refractivity contribution is 5.81. The van der Waals surface area contributed by atoms with Gasteiger partial charge in [0.05, 0.1) is 19.3 Å². The van der Waals surface area contributed by atoms with E-state index in [1.807, 2.05) is 10.8 Å². The lowest BCUT2D eigenvalue weighted by Crippen LogP contribution is -2.36. The molecule has 0 spiro atoms. The molecule has 4 atom stereocenters. The molecule has 0 aliphatic carbocycles. The minimum Gasteiger partial charge on any atom is -0.394 e. The molecule has 0 radical (unpaired) electrons. The predicted molar refractivity (Wildman–Crippen MR) is 97.9 cm³/mol. The van der Waals surface area contributed by atoms with Crippen LogP contribution in [-0.4, -0.2) is 70.8 Å². The first-order valence-electron chi connectivity index (χ1n) is 9.13. The number of unbranched alkanes of at least 4 members (excludes halogenated alkanes) is 1. The highest BCUT2D eigenvalue weighted by atomic mass is 16.6. The molecule has 2 unspecified atom stereocenters. The van der Waals surface area contributed by atoms with E-state index < -0.39 is 24.5 Å². The highest BCUT2D eigenvalue weighted by Crippen LogP contribution is 2.33. The molecule has 0 bridgehead atoms. The maximum atomic E-state index is 10.8. The van der Waals surface area contributed by atoms with Crippen molar-refractivity contribution in [2.24, 2.45) is 0 Å². The molecule has 1 fully saturated rings. The third-order valence-electron chi connectivity index (χ3n) is 4.83. The molecular formula is C17H23N7O4. The Balaban J connectivity index is 1.39. The molecule has 1 saturated heterocycles. The topological polar surface area (TPSA) is 146 Å². The number of rotatable bonds is 8. The highest BCUT2D eigenvalue weighted by Gasteiger charge is 2.45. The lowest BCUT2D eigenvalue weighted by Gasteiger charge is -2.20. The van der Waals surface area contributed by atoms with Gasteiger partial charge in [-0.05, 0) is 12.8 Å². The lowest BCUT2D eigenvalue weighted by atomic mass is 10.1. The maximum Gasteiger partial charge on any atom is 0.167 e. The molecule has 11 nitrogen and oxygen atoms in total. The van der Waals surface area contributed by atoms with Crippen LogP contribution >= 0.6 is 0 Å². The molecule has 11 heteroatoms. The number of aliphatic hydroxyl groups is 2. The molecular weight excluding hydrogens is 366 g/mol. The van der Waals surface area contributed by atoms with Gasteiger partial charge in [0, 0.05) is 25.5 Å². The summed E-state index contributed by atoms with van der Waals surface area (Å²) >= 11 is 0. The van der Waals surface area contributed by atoms with Gasteiger partial charge in [0.2, 0.25) is 0 Å². The van der Waals surface area contributed by atoms with Crippen LogP contribution in [0.5, 0.6) is 0 Å². The zero-order valence-electron chi connectivity index (χ0n) is 15.2. The number of aromatic nitrogens is 6. The van der Waals surface area contributed by atoms with Gasteiger partial charge in [-0.1, -0.05) is 0 Å². The fourth-order valence-corrected chi connectivity index (χ4v) is 3.39. The number of hydrogen-bond donors (Lipinski definition) is 3. The molecule has 150 valence electrons.